The standard InChI is InChI=1S/C18H18N4O4/c1-12-6-7-15(8-13(12)2)18(24)19-11-17(23)21-20-10-14-4-3-5-16(9-14)22(25)26/h3-10H,11H2,1-2H3,(H,19,24)(H,21,23)/b20-10+. The number of nitro benzene ring substituents is 1. The number of carbonyl (C=O) groups excluding carboxylic acids is 2. The zero-order valence-electron chi connectivity index (χ0n) is 14.4. The van der Waals surface area contributed by atoms with Crippen LogP contribution in [0.25, 0.3) is 0 Å². The van der Waals surface area contributed by atoms with Crippen LogP contribution in [-0.2, 0) is 4.79 Å². The quantitative estimate of drug-likeness (QED) is 0.470. The van der Waals surface area contributed by atoms with Crippen molar-refractivity contribution in [2.75, 3.05) is 6.54 Å². The Balaban J connectivity index is 1.85. The van der Waals surface area contributed by atoms with Gasteiger partial charge in [-0.2, -0.15) is 5.10 Å². The first kappa shape index (κ1) is 18.8. The van der Waals surface area contributed by atoms with Gasteiger partial charge < -0.3 is 5.32 Å². The number of rotatable bonds is 6. The molecule has 2 N–H and O–H groups in total. The van der Waals surface area contributed by atoms with Crippen molar-refractivity contribution in [2.45, 2.75) is 13.8 Å². The molecule has 0 spiro atoms. The van der Waals surface area contributed by atoms with E-state index in [9.17, 15) is 19.7 Å². The molecule has 0 radical (unpaired) electrons. The van der Waals surface area contributed by atoms with E-state index >= 15 is 0 Å². The highest BCUT2D eigenvalue weighted by Gasteiger charge is 2.08. The van der Waals surface area contributed by atoms with E-state index in [4.69, 9.17) is 0 Å². The number of benzene rings is 2. The van der Waals surface area contributed by atoms with Crippen LogP contribution < -0.4 is 10.7 Å². The van der Waals surface area contributed by atoms with Crippen LogP contribution in [0.4, 0.5) is 5.69 Å². The van der Waals surface area contributed by atoms with Gasteiger partial charge in [0.05, 0.1) is 17.7 Å². The zero-order valence-corrected chi connectivity index (χ0v) is 14.4. The van der Waals surface area contributed by atoms with E-state index in [1.54, 1.807) is 18.2 Å². The van der Waals surface area contributed by atoms with Crippen molar-refractivity contribution >= 4 is 23.7 Å². The van der Waals surface area contributed by atoms with Crippen molar-refractivity contribution in [2.24, 2.45) is 5.10 Å². The molecule has 2 rings (SSSR count). The van der Waals surface area contributed by atoms with Crippen molar-refractivity contribution in [3.05, 3.63) is 74.8 Å². The molecular formula is C18H18N4O4. The maximum Gasteiger partial charge on any atom is 0.270 e. The van der Waals surface area contributed by atoms with Gasteiger partial charge in [0.25, 0.3) is 17.5 Å². The molecule has 0 aliphatic carbocycles. The third-order valence-corrected chi connectivity index (χ3v) is 3.66. The predicted molar refractivity (Wildman–Crippen MR) is 97.1 cm³/mol. The third kappa shape index (κ3) is 5.23. The molecule has 0 fully saturated rings. The molecule has 0 aliphatic rings. The van der Waals surface area contributed by atoms with Gasteiger partial charge in [-0.25, -0.2) is 5.43 Å². The van der Waals surface area contributed by atoms with Gasteiger partial charge >= 0.3 is 0 Å². The van der Waals surface area contributed by atoms with Crippen molar-refractivity contribution < 1.29 is 14.5 Å². The molecule has 0 bridgehead atoms. The predicted octanol–water partition coefficient (Wildman–Crippen LogP) is 2.09. The summed E-state index contributed by atoms with van der Waals surface area (Å²) in [5.74, 6) is -0.866. The van der Waals surface area contributed by atoms with E-state index in [0.717, 1.165) is 11.1 Å². The van der Waals surface area contributed by atoms with E-state index in [2.05, 4.69) is 15.8 Å². The summed E-state index contributed by atoms with van der Waals surface area (Å²) < 4.78 is 0. The molecule has 0 heterocycles. The molecule has 26 heavy (non-hydrogen) atoms. The highest BCUT2D eigenvalue weighted by Crippen LogP contribution is 2.11. The first-order valence-corrected chi connectivity index (χ1v) is 7.78. The van der Waals surface area contributed by atoms with Crippen LogP contribution in [0, 0.1) is 24.0 Å². The fourth-order valence-electron chi connectivity index (χ4n) is 2.08. The number of hydrogen-bond donors (Lipinski definition) is 2. The number of hydrogen-bond acceptors (Lipinski definition) is 5. The van der Waals surface area contributed by atoms with Gasteiger partial charge in [-0.05, 0) is 37.1 Å². The molecule has 0 saturated carbocycles. The molecular weight excluding hydrogens is 336 g/mol. The molecule has 0 aliphatic heterocycles. The Labute approximate surface area is 150 Å². The second-order valence-corrected chi connectivity index (χ2v) is 5.63. The van der Waals surface area contributed by atoms with E-state index < -0.39 is 10.8 Å². The number of hydrazone groups is 1. The molecule has 8 nitrogen and oxygen atoms in total. The van der Waals surface area contributed by atoms with E-state index in [1.807, 2.05) is 19.9 Å². The summed E-state index contributed by atoms with van der Waals surface area (Å²) in [4.78, 5) is 33.9. The molecule has 0 saturated heterocycles. The summed E-state index contributed by atoms with van der Waals surface area (Å²) in [7, 11) is 0. The number of nitrogens with one attached hydrogen (secondary N) is 2. The monoisotopic (exact) mass is 354 g/mol. The van der Waals surface area contributed by atoms with Crippen LogP contribution in [0.2, 0.25) is 0 Å². The van der Waals surface area contributed by atoms with Crippen molar-refractivity contribution in [3.8, 4) is 0 Å². The SMILES string of the molecule is Cc1ccc(C(=O)NCC(=O)N/N=C/c2cccc([N+](=O)[O-])c2)cc1C. The average molecular weight is 354 g/mol. The van der Waals surface area contributed by atoms with Crippen LogP contribution >= 0.6 is 0 Å². The van der Waals surface area contributed by atoms with E-state index in [0.29, 0.717) is 11.1 Å². The Hall–Kier alpha value is -3.55. The lowest BCUT2D eigenvalue weighted by Crippen LogP contribution is -2.34. The van der Waals surface area contributed by atoms with Crippen LogP contribution in [0.1, 0.15) is 27.0 Å². The van der Waals surface area contributed by atoms with Crippen LogP contribution in [0.15, 0.2) is 47.6 Å². The minimum atomic E-state index is -0.516. The van der Waals surface area contributed by atoms with Gasteiger partial charge in [0, 0.05) is 23.3 Å². The van der Waals surface area contributed by atoms with Crippen molar-refractivity contribution in [1.82, 2.24) is 10.7 Å². The summed E-state index contributed by atoms with van der Waals surface area (Å²) in [6, 6.07) is 11.1. The molecule has 2 aromatic rings. The Morgan fingerprint density at radius 3 is 2.62 bits per heavy atom. The molecule has 0 aromatic heterocycles. The second kappa shape index (κ2) is 8.52. The second-order valence-electron chi connectivity index (χ2n) is 5.63. The van der Waals surface area contributed by atoms with Crippen LogP contribution in [-0.4, -0.2) is 29.5 Å². The largest absolute Gasteiger partial charge is 0.343 e. The number of carbonyl (C=O) groups is 2. The number of non-ortho nitro benzene ring substituents is 1. The number of amides is 2. The maximum absolute atomic E-state index is 12.0. The first-order valence-electron chi connectivity index (χ1n) is 7.78. The van der Waals surface area contributed by atoms with E-state index in [1.165, 1.54) is 24.4 Å². The highest BCUT2D eigenvalue weighted by atomic mass is 16.6. The van der Waals surface area contributed by atoms with Gasteiger partial charge in [0.2, 0.25) is 0 Å². The first-order chi connectivity index (χ1) is 12.4. The minimum Gasteiger partial charge on any atom is -0.343 e. The number of aryl methyl sites for hydroxylation is 2. The van der Waals surface area contributed by atoms with Crippen LogP contribution in [0.5, 0.6) is 0 Å². The number of nitro groups is 1. The van der Waals surface area contributed by atoms with Gasteiger partial charge in [-0.15, -0.1) is 0 Å². The zero-order chi connectivity index (χ0) is 19.1. The third-order valence-electron chi connectivity index (χ3n) is 3.66. The highest BCUT2D eigenvalue weighted by molar-refractivity contribution is 5.96. The summed E-state index contributed by atoms with van der Waals surface area (Å²) in [6.45, 7) is 3.61. The number of nitrogens with zero attached hydrogens (tertiary/aromatic N) is 2. The Bertz CT molecular complexity index is 877. The maximum atomic E-state index is 12.0. The fourth-order valence-corrected chi connectivity index (χ4v) is 2.08. The smallest absolute Gasteiger partial charge is 0.270 e. The molecule has 0 unspecified atom stereocenters. The van der Waals surface area contributed by atoms with Gasteiger partial charge in [0.1, 0.15) is 0 Å². The van der Waals surface area contributed by atoms with Gasteiger partial charge in [0.15, 0.2) is 0 Å². The van der Waals surface area contributed by atoms with Crippen molar-refractivity contribution in [3.63, 3.8) is 0 Å². The fraction of sp³-hybridized carbons (Fsp3) is 0.167. The minimum absolute atomic E-state index is 0.0686. The Morgan fingerprint density at radius 1 is 1.15 bits per heavy atom. The topological polar surface area (TPSA) is 114 Å². The van der Waals surface area contributed by atoms with Crippen molar-refractivity contribution in [1.29, 1.82) is 0 Å². The Morgan fingerprint density at radius 2 is 1.92 bits per heavy atom. The molecule has 2 amide bonds. The Kier molecular flexibility index (Phi) is 6.15. The van der Waals surface area contributed by atoms with Gasteiger partial charge in [-0.1, -0.05) is 18.2 Å². The average Bonchev–Trinajstić information content (AvgIpc) is 2.62. The molecule has 134 valence electrons. The summed E-state index contributed by atoms with van der Waals surface area (Å²) in [6.07, 6.45) is 1.29. The lowest BCUT2D eigenvalue weighted by Gasteiger charge is -2.06. The molecule has 8 heteroatoms. The lowest BCUT2D eigenvalue weighted by atomic mass is 10.1. The van der Waals surface area contributed by atoms with Gasteiger partial charge in [-0.3, -0.25) is 19.7 Å². The molecule has 0 atom stereocenters. The summed E-state index contributed by atoms with van der Waals surface area (Å²) in [5.41, 5.74) is 5.20. The normalized spacial score (nSPS) is 10.5. The van der Waals surface area contributed by atoms with E-state index in [-0.39, 0.29) is 18.1 Å². The molecule has 2 aromatic carbocycles. The summed E-state index contributed by atoms with van der Waals surface area (Å²) >= 11 is 0. The van der Waals surface area contributed by atoms with Crippen LogP contribution in [0.3, 0.4) is 0 Å². The summed E-state index contributed by atoms with van der Waals surface area (Å²) in [5, 5.41) is 16.9. The lowest BCUT2D eigenvalue weighted by molar-refractivity contribution is -0.384.